The molecule has 0 fully saturated rings. The first-order chi connectivity index (χ1) is 15.3. The summed E-state index contributed by atoms with van der Waals surface area (Å²) in [5.41, 5.74) is 0.449. The molecule has 4 aromatic rings. The van der Waals surface area contributed by atoms with Gasteiger partial charge in [-0.1, -0.05) is 6.07 Å². The molecule has 0 saturated heterocycles. The van der Waals surface area contributed by atoms with Crippen LogP contribution in [0.1, 0.15) is 64.1 Å². The number of fused-ring (bicyclic) bond motifs is 2. The van der Waals surface area contributed by atoms with Gasteiger partial charge in [0.1, 0.15) is 22.4 Å². The molecule has 1 unspecified atom stereocenters. The van der Waals surface area contributed by atoms with Crippen molar-refractivity contribution < 1.29 is 26.8 Å². The highest BCUT2D eigenvalue weighted by Gasteiger charge is 2.40. The van der Waals surface area contributed by atoms with E-state index < -0.39 is 47.7 Å². The summed E-state index contributed by atoms with van der Waals surface area (Å²) in [6.07, 6.45) is -3.06. The zero-order chi connectivity index (χ0) is 22.6. The SMILES string of the molecule is CC(F)c1nc(C(F)F)c(C(=O)N2CCc3[nH]cnc3[C@H]2c2nc3c(F)cccc3s2)o1. The molecule has 3 aromatic heterocycles. The van der Waals surface area contributed by atoms with Crippen molar-refractivity contribution in [3.63, 3.8) is 0 Å². The van der Waals surface area contributed by atoms with Crippen LogP contribution in [0, 0.1) is 5.82 Å². The molecule has 5 rings (SSSR count). The third-order valence-corrected chi connectivity index (χ3v) is 6.29. The molecular weight excluding hydrogens is 450 g/mol. The van der Waals surface area contributed by atoms with E-state index in [0.717, 1.165) is 12.6 Å². The lowest BCUT2D eigenvalue weighted by atomic mass is 10.0. The predicted octanol–water partition coefficient (Wildman–Crippen LogP) is 4.90. The molecule has 1 amide bonds. The van der Waals surface area contributed by atoms with Crippen LogP contribution in [0.15, 0.2) is 28.9 Å². The summed E-state index contributed by atoms with van der Waals surface area (Å²) in [5.74, 6) is -2.73. The van der Waals surface area contributed by atoms with Crippen molar-refractivity contribution in [3.05, 3.63) is 64.1 Å². The molecule has 2 atom stereocenters. The number of amides is 1. The average molecular weight is 465 g/mol. The van der Waals surface area contributed by atoms with Gasteiger partial charge in [-0.3, -0.25) is 4.79 Å². The number of hydrogen-bond acceptors (Lipinski definition) is 6. The molecule has 1 N–H and O–H groups in total. The molecule has 0 spiro atoms. The molecule has 1 aliphatic heterocycles. The monoisotopic (exact) mass is 465 g/mol. The van der Waals surface area contributed by atoms with E-state index in [1.807, 2.05) is 0 Å². The van der Waals surface area contributed by atoms with E-state index in [-0.39, 0.29) is 12.1 Å². The Morgan fingerprint density at radius 2 is 2.12 bits per heavy atom. The highest BCUT2D eigenvalue weighted by Crippen LogP contribution is 2.39. The van der Waals surface area contributed by atoms with Crippen LogP contribution in [0.3, 0.4) is 0 Å². The van der Waals surface area contributed by atoms with E-state index in [0.29, 0.717) is 21.8 Å². The van der Waals surface area contributed by atoms with E-state index in [1.54, 1.807) is 12.1 Å². The number of hydrogen-bond donors (Lipinski definition) is 1. The van der Waals surface area contributed by atoms with Gasteiger partial charge in [-0.05, 0) is 19.1 Å². The normalized spacial score (nSPS) is 17.2. The molecule has 0 aliphatic carbocycles. The van der Waals surface area contributed by atoms with Crippen molar-refractivity contribution >= 4 is 27.5 Å². The molecule has 32 heavy (non-hydrogen) atoms. The lowest BCUT2D eigenvalue weighted by Crippen LogP contribution is -2.41. The van der Waals surface area contributed by atoms with Crippen LogP contribution in [-0.2, 0) is 6.42 Å². The summed E-state index contributed by atoms with van der Waals surface area (Å²) in [6.45, 7) is 1.20. The summed E-state index contributed by atoms with van der Waals surface area (Å²) >= 11 is 1.17. The molecule has 12 heteroatoms. The van der Waals surface area contributed by atoms with Crippen molar-refractivity contribution in [3.8, 4) is 0 Å². The van der Waals surface area contributed by atoms with Gasteiger partial charge < -0.3 is 14.3 Å². The summed E-state index contributed by atoms with van der Waals surface area (Å²) in [7, 11) is 0. The summed E-state index contributed by atoms with van der Waals surface area (Å²) in [4.78, 5) is 29.8. The number of carbonyl (C=O) groups excluding carboxylic acids is 1. The van der Waals surface area contributed by atoms with Crippen LogP contribution >= 0.6 is 11.3 Å². The van der Waals surface area contributed by atoms with Crippen LogP contribution in [-0.4, -0.2) is 37.3 Å². The van der Waals surface area contributed by atoms with E-state index >= 15 is 0 Å². The van der Waals surface area contributed by atoms with Crippen molar-refractivity contribution in [1.82, 2.24) is 24.8 Å². The molecule has 0 saturated carbocycles. The van der Waals surface area contributed by atoms with Gasteiger partial charge in [-0.25, -0.2) is 32.5 Å². The molecule has 4 heterocycles. The Morgan fingerprint density at radius 1 is 1.31 bits per heavy atom. The second-order valence-electron chi connectivity index (χ2n) is 7.24. The van der Waals surface area contributed by atoms with Gasteiger partial charge in [0.15, 0.2) is 11.9 Å². The Kier molecular flexibility index (Phi) is 4.96. The van der Waals surface area contributed by atoms with Gasteiger partial charge in [0.2, 0.25) is 11.7 Å². The number of imidazole rings is 1. The molecule has 0 radical (unpaired) electrons. The number of carbonyl (C=O) groups is 1. The number of oxazole rings is 1. The first-order valence-corrected chi connectivity index (χ1v) is 10.5. The first-order valence-electron chi connectivity index (χ1n) is 9.66. The van der Waals surface area contributed by atoms with Crippen molar-refractivity contribution in [2.75, 3.05) is 6.54 Å². The maximum Gasteiger partial charge on any atom is 0.292 e. The molecule has 7 nitrogen and oxygen atoms in total. The summed E-state index contributed by atoms with van der Waals surface area (Å²) < 4.78 is 60.7. The summed E-state index contributed by atoms with van der Waals surface area (Å²) in [5, 5.41) is 0.365. The number of para-hydroxylation sites is 1. The van der Waals surface area contributed by atoms with Gasteiger partial charge in [0, 0.05) is 18.7 Å². The quantitative estimate of drug-likeness (QED) is 0.433. The Bertz CT molecular complexity index is 1310. The number of benzene rings is 1. The highest BCUT2D eigenvalue weighted by molar-refractivity contribution is 7.18. The lowest BCUT2D eigenvalue weighted by Gasteiger charge is -2.33. The number of aromatic amines is 1. The molecule has 1 aromatic carbocycles. The number of rotatable bonds is 4. The van der Waals surface area contributed by atoms with Crippen molar-refractivity contribution in [2.45, 2.75) is 32.0 Å². The molecular formula is C20H15F4N5O2S. The van der Waals surface area contributed by atoms with Gasteiger partial charge >= 0.3 is 0 Å². The van der Waals surface area contributed by atoms with E-state index in [1.165, 1.54) is 28.6 Å². The maximum atomic E-state index is 14.2. The smallest absolute Gasteiger partial charge is 0.292 e. The fraction of sp³-hybridized carbons (Fsp3) is 0.300. The van der Waals surface area contributed by atoms with E-state index in [4.69, 9.17) is 4.42 Å². The minimum atomic E-state index is -3.13. The predicted molar refractivity (Wildman–Crippen MR) is 106 cm³/mol. The third-order valence-electron chi connectivity index (χ3n) is 5.22. The second kappa shape index (κ2) is 7.69. The zero-order valence-electron chi connectivity index (χ0n) is 16.5. The van der Waals surface area contributed by atoms with Crippen LogP contribution in [0.5, 0.6) is 0 Å². The average Bonchev–Trinajstić information content (AvgIpc) is 3.49. The fourth-order valence-corrected chi connectivity index (χ4v) is 4.84. The minimum Gasteiger partial charge on any atom is -0.432 e. The third kappa shape index (κ3) is 3.25. The van der Waals surface area contributed by atoms with Crippen LogP contribution in [0.4, 0.5) is 17.6 Å². The lowest BCUT2D eigenvalue weighted by molar-refractivity contribution is 0.0638. The fourth-order valence-electron chi connectivity index (χ4n) is 3.75. The van der Waals surface area contributed by atoms with Crippen LogP contribution < -0.4 is 0 Å². The Hall–Kier alpha value is -3.28. The van der Waals surface area contributed by atoms with Gasteiger partial charge in [-0.2, -0.15) is 0 Å². The van der Waals surface area contributed by atoms with E-state index in [2.05, 4.69) is 19.9 Å². The second-order valence-corrected chi connectivity index (χ2v) is 8.30. The Morgan fingerprint density at radius 3 is 2.84 bits per heavy atom. The Balaban J connectivity index is 1.63. The number of thiazole rings is 1. The van der Waals surface area contributed by atoms with Gasteiger partial charge in [0.05, 0.1) is 16.7 Å². The van der Waals surface area contributed by atoms with Crippen molar-refractivity contribution in [2.24, 2.45) is 0 Å². The number of nitrogens with zero attached hydrogens (tertiary/aromatic N) is 4. The van der Waals surface area contributed by atoms with Gasteiger partial charge in [-0.15, -0.1) is 11.3 Å². The van der Waals surface area contributed by atoms with Crippen LogP contribution in [0.2, 0.25) is 0 Å². The van der Waals surface area contributed by atoms with Gasteiger partial charge in [0.25, 0.3) is 12.3 Å². The molecule has 0 bridgehead atoms. The Labute approximate surface area is 182 Å². The number of nitrogens with one attached hydrogen (secondary N) is 1. The van der Waals surface area contributed by atoms with Crippen LogP contribution in [0.25, 0.3) is 10.2 Å². The number of halogens is 4. The number of H-pyrrole nitrogens is 1. The number of alkyl halides is 3. The summed E-state index contributed by atoms with van der Waals surface area (Å²) in [6, 6.07) is 3.65. The standard InChI is InChI=1S/C20H15F4N5O2S/c1-8(21)18-27-14(17(23)24)16(31-18)20(30)29-6-5-10-13(26-7-25-10)15(29)19-28-12-9(22)3-2-4-11(12)32-19/h2-4,7-8,15,17H,5-6H2,1H3,(H,25,26)/t8?,15-/m0/s1. The largest absolute Gasteiger partial charge is 0.432 e. The first kappa shape index (κ1) is 20.6. The number of aromatic nitrogens is 4. The van der Waals surface area contributed by atoms with Crippen molar-refractivity contribution in [1.29, 1.82) is 0 Å². The van der Waals surface area contributed by atoms with E-state index in [9.17, 15) is 22.4 Å². The molecule has 166 valence electrons. The maximum absolute atomic E-state index is 14.2. The highest BCUT2D eigenvalue weighted by atomic mass is 32.1. The minimum absolute atomic E-state index is 0.126. The zero-order valence-corrected chi connectivity index (χ0v) is 17.3. The topological polar surface area (TPSA) is 87.9 Å². The molecule has 1 aliphatic rings.